The fraction of sp³-hybridized carbons (Fsp3) is 0.0909. The molecule has 66 valence electrons. The SMILES string of the molecule is CNc1cccc(-c2ccsc2)c1. The molecular weight excluding hydrogens is 178 g/mol. The summed E-state index contributed by atoms with van der Waals surface area (Å²) < 4.78 is 0. The van der Waals surface area contributed by atoms with Gasteiger partial charge < -0.3 is 5.32 Å². The van der Waals surface area contributed by atoms with E-state index >= 15 is 0 Å². The third kappa shape index (κ3) is 1.73. The Hall–Kier alpha value is -1.28. The van der Waals surface area contributed by atoms with Gasteiger partial charge in [0.25, 0.3) is 0 Å². The first-order chi connectivity index (χ1) is 6.40. The number of thiophene rings is 1. The molecule has 1 aromatic carbocycles. The van der Waals surface area contributed by atoms with Gasteiger partial charge in [0.15, 0.2) is 0 Å². The van der Waals surface area contributed by atoms with Crippen molar-refractivity contribution in [1.82, 2.24) is 0 Å². The van der Waals surface area contributed by atoms with Crippen molar-refractivity contribution in [2.24, 2.45) is 0 Å². The van der Waals surface area contributed by atoms with Crippen LogP contribution in [0.2, 0.25) is 0 Å². The van der Waals surface area contributed by atoms with Gasteiger partial charge in [-0.1, -0.05) is 12.1 Å². The Kier molecular flexibility index (Phi) is 2.32. The highest BCUT2D eigenvalue weighted by atomic mass is 32.1. The molecule has 0 saturated carbocycles. The van der Waals surface area contributed by atoms with Crippen LogP contribution in [0.25, 0.3) is 11.1 Å². The van der Waals surface area contributed by atoms with Gasteiger partial charge in [0.1, 0.15) is 0 Å². The minimum atomic E-state index is 1.16. The highest BCUT2D eigenvalue weighted by Gasteiger charge is 1.97. The van der Waals surface area contributed by atoms with Crippen molar-refractivity contribution in [1.29, 1.82) is 0 Å². The number of nitrogens with one attached hydrogen (secondary N) is 1. The zero-order chi connectivity index (χ0) is 9.10. The van der Waals surface area contributed by atoms with E-state index in [1.54, 1.807) is 11.3 Å². The lowest BCUT2D eigenvalue weighted by molar-refractivity contribution is 1.51. The molecule has 0 aliphatic carbocycles. The molecule has 0 spiro atoms. The first-order valence-corrected chi connectivity index (χ1v) is 5.15. The molecule has 0 radical (unpaired) electrons. The smallest absolute Gasteiger partial charge is 0.0343 e. The van der Waals surface area contributed by atoms with Crippen molar-refractivity contribution in [2.45, 2.75) is 0 Å². The lowest BCUT2D eigenvalue weighted by Crippen LogP contribution is -1.86. The molecule has 2 aromatic rings. The van der Waals surface area contributed by atoms with Gasteiger partial charge in [-0.2, -0.15) is 11.3 Å². The van der Waals surface area contributed by atoms with E-state index in [2.05, 4.69) is 46.4 Å². The molecule has 0 unspecified atom stereocenters. The number of hydrogen-bond donors (Lipinski definition) is 1. The maximum atomic E-state index is 3.13. The van der Waals surface area contributed by atoms with Gasteiger partial charge in [-0.15, -0.1) is 0 Å². The van der Waals surface area contributed by atoms with Crippen LogP contribution in [-0.2, 0) is 0 Å². The first-order valence-electron chi connectivity index (χ1n) is 4.20. The Morgan fingerprint density at radius 1 is 1.15 bits per heavy atom. The molecule has 0 saturated heterocycles. The molecule has 0 aliphatic rings. The molecule has 1 aromatic heterocycles. The fourth-order valence-corrected chi connectivity index (χ4v) is 1.95. The van der Waals surface area contributed by atoms with Crippen molar-refractivity contribution >= 4 is 17.0 Å². The Morgan fingerprint density at radius 3 is 2.77 bits per heavy atom. The van der Waals surface area contributed by atoms with Gasteiger partial charge in [0, 0.05) is 12.7 Å². The van der Waals surface area contributed by atoms with Crippen LogP contribution in [0, 0.1) is 0 Å². The van der Waals surface area contributed by atoms with E-state index < -0.39 is 0 Å². The molecule has 1 nitrogen and oxygen atoms in total. The molecule has 1 heterocycles. The van der Waals surface area contributed by atoms with E-state index in [9.17, 15) is 0 Å². The molecule has 2 rings (SSSR count). The van der Waals surface area contributed by atoms with Crippen molar-refractivity contribution in [2.75, 3.05) is 12.4 Å². The van der Waals surface area contributed by atoms with Gasteiger partial charge in [0.2, 0.25) is 0 Å². The van der Waals surface area contributed by atoms with Crippen LogP contribution in [0.1, 0.15) is 0 Å². The van der Waals surface area contributed by atoms with E-state index in [0.29, 0.717) is 0 Å². The molecule has 0 bridgehead atoms. The van der Waals surface area contributed by atoms with E-state index in [4.69, 9.17) is 0 Å². The van der Waals surface area contributed by atoms with Crippen molar-refractivity contribution in [3.05, 3.63) is 41.1 Å². The normalized spacial score (nSPS) is 9.92. The van der Waals surface area contributed by atoms with Crippen LogP contribution in [0.4, 0.5) is 5.69 Å². The zero-order valence-corrected chi connectivity index (χ0v) is 8.27. The number of rotatable bonds is 2. The van der Waals surface area contributed by atoms with Gasteiger partial charge in [-0.05, 0) is 40.1 Å². The predicted molar refractivity (Wildman–Crippen MR) is 59.3 cm³/mol. The Labute approximate surface area is 82.0 Å². The van der Waals surface area contributed by atoms with E-state index in [0.717, 1.165) is 5.69 Å². The van der Waals surface area contributed by atoms with Crippen LogP contribution in [-0.4, -0.2) is 7.05 Å². The maximum Gasteiger partial charge on any atom is 0.0343 e. The van der Waals surface area contributed by atoms with Crippen LogP contribution in [0.3, 0.4) is 0 Å². The number of hydrogen-bond acceptors (Lipinski definition) is 2. The monoisotopic (exact) mass is 189 g/mol. The largest absolute Gasteiger partial charge is 0.388 e. The minimum absolute atomic E-state index is 1.16. The topological polar surface area (TPSA) is 12.0 Å². The van der Waals surface area contributed by atoms with Gasteiger partial charge in [-0.25, -0.2) is 0 Å². The third-order valence-corrected chi connectivity index (χ3v) is 2.69. The summed E-state index contributed by atoms with van der Waals surface area (Å²) in [5, 5.41) is 7.39. The standard InChI is InChI=1S/C11H11NS/c1-12-11-4-2-3-9(7-11)10-5-6-13-8-10/h2-8,12H,1H3. The Bertz CT molecular complexity index is 379. The predicted octanol–water partition coefficient (Wildman–Crippen LogP) is 3.46. The second-order valence-electron chi connectivity index (χ2n) is 2.84. The average Bonchev–Trinajstić information content (AvgIpc) is 2.71. The van der Waals surface area contributed by atoms with Crippen molar-refractivity contribution in [3.63, 3.8) is 0 Å². The molecule has 13 heavy (non-hydrogen) atoms. The van der Waals surface area contributed by atoms with Gasteiger partial charge >= 0.3 is 0 Å². The summed E-state index contributed by atoms with van der Waals surface area (Å²) in [6.45, 7) is 0. The zero-order valence-electron chi connectivity index (χ0n) is 7.45. The van der Waals surface area contributed by atoms with Crippen molar-refractivity contribution < 1.29 is 0 Å². The van der Waals surface area contributed by atoms with Gasteiger partial charge in [-0.3, -0.25) is 0 Å². The lowest BCUT2D eigenvalue weighted by atomic mass is 10.1. The Balaban J connectivity index is 2.41. The lowest BCUT2D eigenvalue weighted by Gasteiger charge is -2.02. The summed E-state index contributed by atoms with van der Waals surface area (Å²) >= 11 is 1.73. The molecule has 2 heteroatoms. The second-order valence-corrected chi connectivity index (χ2v) is 3.62. The van der Waals surface area contributed by atoms with Crippen LogP contribution >= 0.6 is 11.3 Å². The Morgan fingerprint density at radius 2 is 2.08 bits per heavy atom. The highest BCUT2D eigenvalue weighted by Crippen LogP contribution is 2.24. The fourth-order valence-electron chi connectivity index (χ4n) is 1.28. The summed E-state index contributed by atoms with van der Waals surface area (Å²) in [5.41, 5.74) is 3.72. The first kappa shape index (κ1) is 8.32. The average molecular weight is 189 g/mol. The molecule has 0 amide bonds. The van der Waals surface area contributed by atoms with Gasteiger partial charge in [0.05, 0.1) is 0 Å². The summed E-state index contributed by atoms with van der Waals surface area (Å²) in [7, 11) is 1.94. The summed E-state index contributed by atoms with van der Waals surface area (Å²) in [4.78, 5) is 0. The molecule has 0 fully saturated rings. The van der Waals surface area contributed by atoms with Crippen molar-refractivity contribution in [3.8, 4) is 11.1 Å². The van der Waals surface area contributed by atoms with E-state index in [-0.39, 0.29) is 0 Å². The number of anilines is 1. The van der Waals surface area contributed by atoms with Crippen LogP contribution in [0.5, 0.6) is 0 Å². The number of benzene rings is 1. The maximum absolute atomic E-state index is 3.13. The highest BCUT2D eigenvalue weighted by molar-refractivity contribution is 7.08. The molecule has 1 N–H and O–H groups in total. The molecular formula is C11H11NS. The molecule has 0 atom stereocenters. The second kappa shape index (κ2) is 3.62. The van der Waals surface area contributed by atoms with E-state index in [1.165, 1.54) is 11.1 Å². The third-order valence-electron chi connectivity index (χ3n) is 2.01. The van der Waals surface area contributed by atoms with Crippen LogP contribution in [0.15, 0.2) is 41.1 Å². The summed E-state index contributed by atoms with van der Waals surface area (Å²) in [5.74, 6) is 0. The molecule has 0 aliphatic heterocycles. The van der Waals surface area contributed by atoms with E-state index in [1.807, 2.05) is 7.05 Å². The summed E-state index contributed by atoms with van der Waals surface area (Å²) in [6.07, 6.45) is 0. The van der Waals surface area contributed by atoms with Crippen LogP contribution < -0.4 is 5.32 Å². The minimum Gasteiger partial charge on any atom is -0.388 e. The summed E-state index contributed by atoms with van der Waals surface area (Å²) in [6, 6.07) is 10.6. The quantitative estimate of drug-likeness (QED) is 0.763.